The van der Waals surface area contributed by atoms with E-state index in [1.165, 1.54) is 12.1 Å². The molecule has 2 heterocycles. The van der Waals surface area contributed by atoms with Crippen LogP contribution in [0.5, 0.6) is 5.75 Å². The van der Waals surface area contributed by atoms with Gasteiger partial charge in [0, 0.05) is 35.8 Å². The molecule has 0 aliphatic carbocycles. The third-order valence-corrected chi connectivity index (χ3v) is 4.75. The molecule has 2 rings (SSSR count). The van der Waals surface area contributed by atoms with Crippen molar-refractivity contribution in [3.05, 3.63) is 63.6 Å². The minimum atomic E-state index is -1.15. The molecule has 0 atom stereocenters. The maximum absolute atomic E-state index is 12.4. The number of hydrogen-bond acceptors (Lipinski definition) is 5. The van der Waals surface area contributed by atoms with Gasteiger partial charge in [-0.15, -0.1) is 11.3 Å². The van der Waals surface area contributed by atoms with Gasteiger partial charge in [0.1, 0.15) is 5.75 Å². The van der Waals surface area contributed by atoms with E-state index in [1.807, 2.05) is 29.1 Å². The summed E-state index contributed by atoms with van der Waals surface area (Å²) in [5, 5.41) is 10.8. The van der Waals surface area contributed by atoms with E-state index >= 15 is 0 Å². The molecule has 0 saturated heterocycles. The van der Waals surface area contributed by atoms with Crippen LogP contribution in [-0.2, 0) is 23.1 Å². The second-order valence-corrected chi connectivity index (χ2v) is 6.82. The third-order valence-electron chi connectivity index (χ3n) is 3.87. The van der Waals surface area contributed by atoms with Crippen molar-refractivity contribution in [2.75, 3.05) is 6.61 Å². The van der Waals surface area contributed by atoms with Gasteiger partial charge in [-0.1, -0.05) is 6.07 Å². The van der Waals surface area contributed by atoms with Crippen LogP contribution in [-0.4, -0.2) is 33.9 Å². The first-order chi connectivity index (χ1) is 12.8. The summed E-state index contributed by atoms with van der Waals surface area (Å²) < 4.78 is 7.05. The van der Waals surface area contributed by atoms with Gasteiger partial charge >= 0.3 is 5.97 Å². The lowest BCUT2D eigenvalue weighted by molar-refractivity contribution is -0.139. The summed E-state index contributed by atoms with van der Waals surface area (Å²) in [5.74, 6) is -2.97. The maximum Gasteiger partial charge on any atom is 0.341 e. The quantitative estimate of drug-likeness (QED) is 0.558. The molecule has 0 spiro atoms. The van der Waals surface area contributed by atoms with Gasteiger partial charge in [-0.3, -0.25) is 9.59 Å². The number of ketones is 1. The van der Waals surface area contributed by atoms with E-state index in [1.54, 1.807) is 30.5 Å². The predicted octanol–water partition coefficient (Wildman–Crippen LogP) is 2.24. The van der Waals surface area contributed by atoms with Crippen molar-refractivity contribution in [2.45, 2.75) is 13.3 Å². The Morgan fingerprint density at radius 3 is 2.59 bits per heavy atom. The van der Waals surface area contributed by atoms with Crippen LogP contribution >= 0.6 is 11.3 Å². The number of carboxylic acids is 1. The van der Waals surface area contributed by atoms with E-state index in [2.05, 4.69) is 0 Å². The lowest BCUT2D eigenvalue weighted by Gasteiger charge is -2.11. The van der Waals surface area contributed by atoms with Gasteiger partial charge in [-0.2, -0.15) is 0 Å². The second kappa shape index (κ2) is 9.00. The summed E-state index contributed by atoms with van der Waals surface area (Å²) >= 11 is 1.58. The van der Waals surface area contributed by atoms with Crippen molar-refractivity contribution in [3.8, 4) is 5.75 Å². The Morgan fingerprint density at radius 1 is 1.26 bits per heavy atom. The largest absolute Gasteiger partial charge is 0.482 e. The molecule has 7 nitrogen and oxygen atoms in total. The summed E-state index contributed by atoms with van der Waals surface area (Å²) in [5.41, 5.74) is 6.65. The van der Waals surface area contributed by atoms with E-state index in [-0.39, 0.29) is 11.3 Å². The Bertz CT molecular complexity index is 914. The second-order valence-electron chi connectivity index (χ2n) is 5.78. The zero-order valence-electron chi connectivity index (χ0n) is 15.0. The van der Waals surface area contributed by atoms with Crippen LogP contribution < -0.4 is 10.5 Å². The number of rotatable bonds is 7. The van der Waals surface area contributed by atoms with Gasteiger partial charge in [-0.05, 0) is 42.1 Å². The summed E-state index contributed by atoms with van der Waals surface area (Å²) in [6.45, 7) is 1.15. The number of nitrogens with zero attached hydrogens (tertiary/aromatic N) is 1. The summed E-state index contributed by atoms with van der Waals surface area (Å²) in [6.07, 6.45) is 2.32. The fraction of sp³-hybridized carbons (Fsp3) is 0.211. The molecule has 1 amide bonds. The molecule has 0 saturated carbocycles. The Labute approximate surface area is 160 Å². The minimum absolute atomic E-state index is 0.0706. The number of nitrogens with two attached hydrogens (primary N) is 1. The highest BCUT2D eigenvalue weighted by Crippen LogP contribution is 2.21. The van der Waals surface area contributed by atoms with Crippen molar-refractivity contribution in [1.82, 2.24) is 4.57 Å². The smallest absolute Gasteiger partial charge is 0.341 e. The molecule has 0 aromatic carbocycles. The van der Waals surface area contributed by atoms with Crippen LogP contribution in [0.4, 0.5) is 0 Å². The first-order valence-corrected chi connectivity index (χ1v) is 8.91. The topological polar surface area (TPSA) is 112 Å². The van der Waals surface area contributed by atoms with E-state index < -0.39 is 24.3 Å². The number of Topliss-reactive ketones (excluding diaryl/α,β-unsaturated/α-hetero) is 1. The third kappa shape index (κ3) is 5.42. The number of carbonyl (C=O) groups excluding carboxylic acids is 2. The Balaban J connectivity index is 2.71. The Morgan fingerprint density at radius 2 is 2.00 bits per heavy atom. The number of amides is 1. The zero-order valence-corrected chi connectivity index (χ0v) is 15.8. The highest BCUT2D eigenvalue weighted by molar-refractivity contribution is 7.09. The number of primary amides is 1. The number of aromatic nitrogens is 1. The molecule has 8 heteroatoms. The van der Waals surface area contributed by atoms with Crippen molar-refractivity contribution < 1.29 is 24.2 Å². The molecule has 2 aromatic rings. The van der Waals surface area contributed by atoms with E-state index in [4.69, 9.17) is 15.6 Å². The zero-order chi connectivity index (χ0) is 20.0. The number of hydrogen-bond donors (Lipinski definition) is 2. The average molecular weight is 388 g/mol. The molecule has 27 heavy (non-hydrogen) atoms. The van der Waals surface area contributed by atoms with Gasteiger partial charge < -0.3 is 20.1 Å². The SMILES string of the molecule is Cc1c(C(=O)C(N)=O)cc(OCC(=O)O)cccn(C)c1Cc1cccs1. The lowest BCUT2D eigenvalue weighted by atomic mass is 10.0. The predicted molar refractivity (Wildman–Crippen MR) is 102 cm³/mol. The number of aryl methyl sites for hydroxylation is 1. The van der Waals surface area contributed by atoms with Crippen molar-refractivity contribution in [2.24, 2.45) is 12.8 Å². The molecule has 0 fully saturated rings. The van der Waals surface area contributed by atoms with Gasteiger partial charge in [0.25, 0.3) is 5.91 Å². The summed E-state index contributed by atoms with van der Waals surface area (Å²) in [4.78, 5) is 35.8. The molecule has 0 unspecified atom stereocenters. The summed E-state index contributed by atoms with van der Waals surface area (Å²) in [7, 11) is 1.83. The average Bonchev–Trinajstić information content (AvgIpc) is 3.13. The minimum Gasteiger partial charge on any atom is -0.482 e. The van der Waals surface area contributed by atoms with Gasteiger partial charge in [-0.25, -0.2) is 4.79 Å². The number of ether oxygens (including phenoxy) is 1. The van der Waals surface area contributed by atoms with E-state index in [9.17, 15) is 14.4 Å². The molecule has 0 aliphatic heterocycles. The number of carbonyl (C=O) groups is 3. The first kappa shape index (κ1) is 20.2. The van der Waals surface area contributed by atoms with Crippen LogP contribution in [0.1, 0.15) is 26.5 Å². The Kier molecular flexibility index (Phi) is 6.73. The molecule has 0 radical (unpaired) electrons. The number of thiophene rings is 1. The van der Waals surface area contributed by atoms with Gasteiger partial charge in [0.05, 0.1) is 0 Å². The van der Waals surface area contributed by atoms with Crippen molar-refractivity contribution in [1.29, 1.82) is 0 Å². The van der Waals surface area contributed by atoms with Crippen molar-refractivity contribution in [3.63, 3.8) is 0 Å². The Hall–Kier alpha value is -3.13. The highest BCUT2D eigenvalue weighted by Gasteiger charge is 2.18. The van der Waals surface area contributed by atoms with Gasteiger partial charge in [0.2, 0.25) is 5.78 Å². The van der Waals surface area contributed by atoms with Crippen LogP contribution in [0.3, 0.4) is 0 Å². The fourth-order valence-electron chi connectivity index (χ4n) is 2.51. The molecule has 0 aliphatic rings. The normalized spacial score (nSPS) is 10.1. The molecule has 0 bridgehead atoms. The number of aliphatic carboxylic acids is 1. The molecule has 3 N–H and O–H groups in total. The number of carboxylic acid groups (broad SMARTS) is 1. The van der Waals surface area contributed by atoms with E-state index in [0.29, 0.717) is 12.0 Å². The van der Waals surface area contributed by atoms with E-state index in [0.717, 1.165) is 10.6 Å². The monoisotopic (exact) mass is 388 g/mol. The van der Waals surface area contributed by atoms with Crippen LogP contribution in [0.25, 0.3) is 0 Å². The fourth-order valence-corrected chi connectivity index (χ4v) is 3.22. The molecule has 2 aromatic heterocycles. The molecule has 142 valence electrons. The molecular formula is C19H20N2O5S. The summed E-state index contributed by atoms with van der Waals surface area (Å²) in [6, 6.07) is 8.46. The maximum atomic E-state index is 12.4. The van der Waals surface area contributed by atoms with Crippen LogP contribution in [0.2, 0.25) is 0 Å². The molecular weight excluding hydrogens is 368 g/mol. The first-order valence-electron chi connectivity index (χ1n) is 8.03. The lowest BCUT2D eigenvalue weighted by Crippen LogP contribution is -2.24. The van der Waals surface area contributed by atoms with Gasteiger partial charge in [0.15, 0.2) is 6.61 Å². The van der Waals surface area contributed by atoms with Crippen LogP contribution in [0.15, 0.2) is 41.9 Å². The van der Waals surface area contributed by atoms with Crippen molar-refractivity contribution >= 4 is 29.0 Å². The standard InChI is InChI=1S/C19H20N2O5S/c1-12-15(18(24)19(20)25)9-13(26-11-17(22)23)5-3-7-21(2)16(12)10-14-6-4-8-27-14/h3-9H,10-11H2,1-2H3,(H2,20,25)(H,22,23). The van der Waals surface area contributed by atoms with Crippen LogP contribution in [0, 0.1) is 6.92 Å². The highest BCUT2D eigenvalue weighted by atomic mass is 32.1.